The standard InChI is InChI=1S/C12H18N/c1-5-12-7-10(4)11(8-13-12)6-9(2)3/h7-9H,1,5-6H2,2-4H3. The summed E-state index contributed by atoms with van der Waals surface area (Å²) in [4.78, 5) is 4.35. The molecule has 0 aliphatic carbocycles. The van der Waals surface area contributed by atoms with Gasteiger partial charge in [-0.2, -0.15) is 0 Å². The highest BCUT2D eigenvalue weighted by Crippen LogP contribution is 2.13. The van der Waals surface area contributed by atoms with Crippen molar-refractivity contribution in [3.05, 3.63) is 36.0 Å². The van der Waals surface area contributed by atoms with Crippen LogP contribution in [0.3, 0.4) is 0 Å². The quantitative estimate of drug-likeness (QED) is 0.690. The lowest BCUT2D eigenvalue weighted by Crippen LogP contribution is -1.99. The zero-order chi connectivity index (χ0) is 9.84. The Labute approximate surface area is 81.2 Å². The predicted octanol–water partition coefficient (Wildman–Crippen LogP) is 2.97. The van der Waals surface area contributed by atoms with Crippen molar-refractivity contribution in [2.24, 2.45) is 5.92 Å². The van der Waals surface area contributed by atoms with Crippen molar-refractivity contribution in [2.45, 2.75) is 33.6 Å². The van der Waals surface area contributed by atoms with Crippen LogP contribution >= 0.6 is 0 Å². The van der Waals surface area contributed by atoms with E-state index < -0.39 is 0 Å². The largest absolute Gasteiger partial charge is 0.261 e. The molecular weight excluding hydrogens is 158 g/mol. The molecule has 0 aromatic carbocycles. The highest BCUT2D eigenvalue weighted by Gasteiger charge is 2.02. The molecule has 1 aromatic rings. The molecule has 0 amide bonds. The van der Waals surface area contributed by atoms with Crippen molar-refractivity contribution in [3.63, 3.8) is 0 Å². The molecule has 13 heavy (non-hydrogen) atoms. The van der Waals surface area contributed by atoms with Gasteiger partial charge in [0.1, 0.15) is 0 Å². The average molecular weight is 176 g/mol. The first kappa shape index (κ1) is 10.2. The number of nitrogens with zero attached hydrogens (tertiary/aromatic N) is 1. The van der Waals surface area contributed by atoms with Crippen LogP contribution in [0.25, 0.3) is 0 Å². The first-order valence-electron chi connectivity index (χ1n) is 4.87. The van der Waals surface area contributed by atoms with Gasteiger partial charge in [0.2, 0.25) is 0 Å². The molecule has 0 saturated heterocycles. The summed E-state index contributed by atoms with van der Waals surface area (Å²) >= 11 is 0. The zero-order valence-corrected chi connectivity index (χ0v) is 8.80. The highest BCUT2D eigenvalue weighted by molar-refractivity contribution is 5.25. The summed E-state index contributed by atoms with van der Waals surface area (Å²) in [5.74, 6) is 0.700. The third kappa shape index (κ3) is 2.83. The summed E-state index contributed by atoms with van der Waals surface area (Å²) in [7, 11) is 0. The first-order valence-corrected chi connectivity index (χ1v) is 4.87. The van der Waals surface area contributed by atoms with E-state index >= 15 is 0 Å². The van der Waals surface area contributed by atoms with Gasteiger partial charge in [0.05, 0.1) is 0 Å². The summed E-state index contributed by atoms with van der Waals surface area (Å²) in [6.07, 6.45) is 3.90. The molecule has 0 atom stereocenters. The van der Waals surface area contributed by atoms with Crippen LogP contribution in [0.2, 0.25) is 0 Å². The fourth-order valence-electron chi connectivity index (χ4n) is 1.43. The van der Waals surface area contributed by atoms with Gasteiger partial charge in [0.15, 0.2) is 0 Å². The molecule has 0 aliphatic heterocycles. The molecular formula is C12H18N. The van der Waals surface area contributed by atoms with Crippen molar-refractivity contribution >= 4 is 0 Å². The molecule has 1 radical (unpaired) electrons. The second-order valence-corrected chi connectivity index (χ2v) is 3.95. The normalized spacial score (nSPS) is 10.8. The van der Waals surface area contributed by atoms with Crippen LogP contribution in [-0.4, -0.2) is 4.98 Å². The van der Waals surface area contributed by atoms with E-state index in [1.54, 1.807) is 0 Å². The summed E-state index contributed by atoms with van der Waals surface area (Å²) in [6, 6.07) is 2.14. The van der Waals surface area contributed by atoms with Crippen LogP contribution in [-0.2, 0) is 12.8 Å². The summed E-state index contributed by atoms with van der Waals surface area (Å²) in [5, 5.41) is 0. The Hall–Kier alpha value is -0.850. The second kappa shape index (κ2) is 4.40. The van der Waals surface area contributed by atoms with Gasteiger partial charge >= 0.3 is 0 Å². The minimum atomic E-state index is 0.700. The van der Waals surface area contributed by atoms with Crippen molar-refractivity contribution in [1.29, 1.82) is 0 Å². The molecule has 0 spiro atoms. The van der Waals surface area contributed by atoms with E-state index in [-0.39, 0.29) is 0 Å². The van der Waals surface area contributed by atoms with E-state index in [2.05, 4.69) is 38.7 Å². The van der Waals surface area contributed by atoms with Gasteiger partial charge in [0, 0.05) is 11.9 Å². The van der Waals surface area contributed by atoms with E-state index in [4.69, 9.17) is 0 Å². The number of pyridine rings is 1. The SMILES string of the molecule is [CH2]Cc1cc(C)c(CC(C)C)cn1. The van der Waals surface area contributed by atoms with Gasteiger partial charge in [-0.05, 0) is 49.8 Å². The maximum absolute atomic E-state index is 4.35. The van der Waals surface area contributed by atoms with E-state index in [0.29, 0.717) is 5.92 Å². The van der Waals surface area contributed by atoms with E-state index in [9.17, 15) is 0 Å². The molecule has 1 nitrogen and oxygen atoms in total. The van der Waals surface area contributed by atoms with Crippen molar-refractivity contribution in [2.75, 3.05) is 0 Å². The van der Waals surface area contributed by atoms with Gasteiger partial charge in [-0.25, -0.2) is 0 Å². The monoisotopic (exact) mass is 176 g/mol. The van der Waals surface area contributed by atoms with Gasteiger partial charge in [-0.1, -0.05) is 13.8 Å². The lowest BCUT2D eigenvalue weighted by atomic mass is 10.00. The van der Waals surface area contributed by atoms with Crippen LogP contribution in [0.4, 0.5) is 0 Å². The van der Waals surface area contributed by atoms with Crippen molar-refractivity contribution in [3.8, 4) is 0 Å². The number of hydrogen-bond donors (Lipinski definition) is 0. The summed E-state index contributed by atoms with van der Waals surface area (Å²) in [6.45, 7) is 10.4. The second-order valence-electron chi connectivity index (χ2n) is 3.95. The van der Waals surface area contributed by atoms with E-state index in [1.807, 2.05) is 6.20 Å². The average Bonchev–Trinajstić information content (AvgIpc) is 2.08. The van der Waals surface area contributed by atoms with Gasteiger partial charge in [-0.3, -0.25) is 4.98 Å². The lowest BCUT2D eigenvalue weighted by Gasteiger charge is -2.08. The minimum absolute atomic E-state index is 0.700. The molecule has 0 N–H and O–H groups in total. The molecule has 0 aliphatic rings. The van der Waals surface area contributed by atoms with Crippen molar-refractivity contribution < 1.29 is 0 Å². The minimum Gasteiger partial charge on any atom is -0.261 e. The molecule has 0 saturated carbocycles. The summed E-state index contributed by atoms with van der Waals surface area (Å²) in [5.41, 5.74) is 3.81. The van der Waals surface area contributed by atoms with Crippen LogP contribution in [0.1, 0.15) is 30.7 Å². The van der Waals surface area contributed by atoms with Gasteiger partial charge < -0.3 is 0 Å². The van der Waals surface area contributed by atoms with E-state index in [1.165, 1.54) is 11.1 Å². The van der Waals surface area contributed by atoms with Gasteiger partial charge in [-0.15, -0.1) is 0 Å². The zero-order valence-electron chi connectivity index (χ0n) is 8.80. The molecule has 0 unspecified atom stereocenters. The fourth-order valence-corrected chi connectivity index (χ4v) is 1.43. The van der Waals surface area contributed by atoms with Crippen LogP contribution < -0.4 is 0 Å². The predicted molar refractivity (Wildman–Crippen MR) is 56.6 cm³/mol. The van der Waals surface area contributed by atoms with Crippen LogP contribution in [0.15, 0.2) is 12.3 Å². The molecule has 1 rings (SSSR count). The number of hydrogen-bond acceptors (Lipinski definition) is 1. The summed E-state index contributed by atoms with van der Waals surface area (Å²) < 4.78 is 0. The van der Waals surface area contributed by atoms with Crippen LogP contribution in [0, 0.1) is 19.8 Å². The Balaban J connectivity index is 2.85. The highest BCUT2D eigenvalue weighted by atomic mass is 14.7. The number of aryl methyl sites for hydroxylation is 1. The smallest absolute Gasteiger partial charge is 0.0406 e. The molecule has 0 bridgehead atoms. The Bertz CT molecular complexity index is 276. The van der Waals surface area contributed by atoms with Gasteiger partial charge in [0.25, 0.3) is 0 Å². The molecule has 1 heterocycles. The first-order chi connectivity index (χ1) is 6.13. The Morgan fingerprint density at radius 2 is 2.15 bits per heavy atom. The third-order valence-corrected chi connectivity index (χ3v) is 2.16. The number of aromatic nitrogens is 1. The molecule has 71 valence electrons. The van der Waals surface area contributed by atoms with Crippen LogP contribution in [0.5, 0.6) is 0 Å². The molecule has 0 fully saturated rings. The van der Waals surface area contributed by atoms with Crippen molar-refractivity contribution in [1.82, 2.24) is 4.98 Å². The Morgan fingerprint density at radius 3 is 2.62 bits per heavy atom. The molecule has 1 heteroatoms. The third-order valence-electron chi connectivity index (χ3n) is 2.16. The maximum Gasteiger partial charge on any atom is 0.0406 e. The lowest BCUT2D eigenvalue weighted by molar-refractivity contribution is 0.642. The maximum atomic E-state index is 4.35. The Kier molecular flexibility index (Phi) is 3.47. The fraction of sp³-hybridized carbons (Fsp3) is 0.500. The Morgan fingerprint density at radius 1 is 1.46 bits per heavy atom. The number of rotatable bonds is 3. The molecule has 1 aromatic heterocycles. The van der Waals surface area contributed by atoms with E-state index in [0.717, 1.165) is 18.5 Å². The topological polar surface area (TPSA) is 12.9 Å².